The number of urea groups is 1. The largest absolute Gasteiger partial charge is 0.350 e. The second-order valence-electron chi connectivity index (χ2n) is 9.98. The minimum atomic E-state index is -0.450. The molecule has 2 aromatic rings. The minimum absolute atomic E-state index is 0.0493. The first-order valence-corrected chi connectivity index (χ1v) is 12.9. The van der Waals surface area contributed by atoms with Crippen LogP contribution in [0, 0.1) is 5.92 Å². The van der Waals surface area contributed by atoms with Gasteiger partial charge in [0.15, 0.2) is 0 Å². The number of likely N-dealkylation sites (tertiary alicyclic amines) is 2. The van der Waals surface area contributed by atoms with Crippen LogP contribution < -0.4 is 10.6 Å². The van der Waals surface area contributed by atoms with Crippen molar-refractivity contribution in [3.05, 3.63) is 65.7 Å². The van der Waals surface area contributed by atoms with Crippen LogP contribution in [0.15, 0.2) is 54.6 Å². The lowest BCUT2D eigenvalue weighted by atomic mass is 9.84. The topological polar surface area (TPSA) is 81.8 Å². The van der Waals surface area contributed by atoms with Crippen LogP contribution in [0.25, 0.3) is 0 Å². The Balaban J connectivity index is 1.25. The smallest absolute Gasteiger partial charge is 0.321 e. The highest BCUT2D eigenvalue weighted by Gasteiger charge is 2.47. The van der Waals surface area contributed by atoms with Gasteiger partial charge in [-0.1, -0.05) is 43.2 Å². The first kappa shape index (κ1) is 23.4. The van der Waals surface area contributed by atoms with Gasteiger partial charge in [-0.15, -0.1) is 0 Å². The van der Waals surface area contributed by atoms with Gasteiger partial charge in [-0.05, 0) is 67.9 Å². The van der Waals surface area contributed by atoms with Crippen molar-refractivity contribution >= 4 is 23.5 Å². The molecule has 2 saturated heterocycles. The maximum Gasteiger partial charge on any atom is 0.321 e. The van der Waals surface area contributed by atoms with E-state index in [4.69, 9.17) is 0 Å². The van der Waals surface area contributed by atoms with Crippen LogP contribution in [0.2, 0.25) is 0 Å². The Morgan fingerprint density at radius 3 is 2.46 bits per heavy atom. The van der Waals surface area contributed by atoms with E-state index in [1.54, 1.807) is 0 Å². The molecule has 7 heteroatoms. The number of hydrogen-bond donors (Lipinski definition) is 2. The Labute approximate surface area is 206 Å². The zero-order chi connectivity index (χ0) is 24.2. The number of anilines is 1. The number of fused-ring (bicyclic) bond motifs is 1. The van der Waals surface area contributed by atoms with Crippen molar-refractivity contribution in [1.82, 2.24) is 15.1 Å². The highest BCUT2D eigenvalue weighted by molar-refractivity contribution is 5.98. The summed E-state index contributed by atoms with van der Waals surface area (Å²) in [7, 11) is 0. The molecule has 3 aliphatic rings. The molecule has 0 bridgehead atoms. The van der Waals surface area contributed by atoms with Crippen molar-refractivity contribution in [2.45, 2.75) is 63.6 Å². The summed E-state index contributed by atoms with van der Waals surface area (Å²) in [4.78, 5) is 42.9. The molecule has 2 N–H and O–H groups in total. The molecule has 7 nitrogen and oxygen atoms in total. The highest BCUT2D eigenvalue weighted by Crippen LogP contribution is 2.40. The van der Waals surface area contributed by atoms with Gasteiger partial charge in [0, 0.05) is 36.9 Å². The van der Waals surface area contributed by atoms with Crippen molar-refractivity contribution < 1.29 is 14.4 Å². The summed E-state index contributed by atoms with van der Waals surface area (Å²) >= 11 is 0. The van der Waals surface area contributed by atoms with Gasteiger partial charge in [0.25, 0.3) is 5.91 Å². The fraction of sp³-hybridized carbons (Fsp3) is 0.464. The van der Waals surface area contributed by atoms with Crippen LogP contribution >= 0.6 is 0 Å². The van der Waals surface area contributed by atoms with E-state index < -0.39 is 6.04 Å². The molecule has 3 fully saturated rings. The maximum atomic E-state index is 13.4. The number of hydrogen-bond acceptors (Lipinski definition) is 3. The number of nitrogens with zero attached hydrogens (tertiary/aromatic N) is 2. The van der Waals surface area contributed by atoms with Gasteiger partial charge in [0.2, 0.25) is 5.91 Å². The van der Waals surface area contributed by atoms with E-state index in [0.717, 1.165) is 62.9 Å². The molecule has 3 unspecified atom stereocenters. The number of amides is 4. The van der Waals surface area contributed by atoms with Crippen LogP contribution in [0.1, 0.15) is 60.9 Å². The zero-order valence-electron chi connectivity index (χ0n) is 20.1. The summed E-state index contributed by atoms with van der Waals surface area (Å²) in [6.45, 7) is 1.94. The molecule has 0 spiro atoms. The fourth-order valence-corrected chi connectivity index (χ4v) is 5.90. The lowest BCUT2D eigenvalue weighted by Crippen LogP contribution is -2.49. The second-order valence-corrected chi connectivity index (χ2v) is 9.98. The molecule has 1 saturated carbocycles. The number of nitrogens with one attached hydrogen (secondary N) is 2. The Morgan fingerprint density at radius 2 is 1.66 bits per heavy atom. The normalized spacial score (nSPS) is 23.6. The van der Waals surface area contributed by atoms with Crippen LogP contribution in [-0.4, -0.2) is 52.8 Å². The lowest BCUT2D eigenvalue weighted by molar-refractivity contribution is -0.125. The van der Waals surface area contributed by atoms with Crippen molar-refractivity contribution in [3.8, 4) is 0 Å². The summed E-state index contributed by atoms with van der Waals surface area (Å²) in [6.07, 6.45) is 7.12. The minimum Gasteiger partial charge on any atom is -0.350 e. The summed E-state index contributed by atoms with van der Waals surface area (Å²) in [5, 5.41) is 6.03. The van der Waals surface area contributed by atoms with E-state index >= 15 is 0 Å². The van der Waals surface area contributed by atoms with Crippen LogP contribution in [0.4, 0.5) is 10.5 Å². The molecule has 0 aromatic heterocycles. The van der Waals surface area contributed by atoms with E-state index in [1.807, 2.05) is 64.4 Å². The number of benzene rings is 2. The second kappa shape index (κ2) is 10.5. The number of carbonyl (C=O) groups is 3. The molecular weight excluding hydrogens is 440 g/mol. The van der Waals surface area contributed by atoms with Gasteiger partial charge in [-0.2, -0.15) is 0 Å². The summed E-state index contributed by atoms with van der Waals surface area (Å²) in [6, 6.07) is 16.5. The van der Waals surface area contributed by atoms with Gasteiger partial charge in [0.05, 0.1) is 0 Å². The maximum absolute atomic E-state index is 13.4. The van der Waals surface area contributed by atoms with Crippen LogP contribution in [-0.2, 0) is 11.3 Å². The molecule has 3 atom stereocenters. The van der Waals surface area contributed by atoms with E-state index in [2.05, 4.69) is 10.6 Å². The quantitative estimate of drug-likeness (QED) is 0.674. The third-order valence-electron chi connectivity index (χ3n) is 7.68. The predicted molar refractivity (Wildman–Crippen MR) is 135 cm³/mol. The third-order valence-corrected chi connectivity index (χ3v) is 7.68. The highest BCUT2D eigenvalue weighted by atomic mass is 16.2. The van der Waals surface area contributed by atoms with E-state index in [0.29, 0.717) is 18.0 Å². The molecule has 2 aliphatic heterocycles. The molecule has 184 valence electrons. The molecule has 5 rings (SSSR count). The Kier molecular flexibility index (Phi) is 7.02. The molecule has 35 heavy (non-hydrogen) atoms. The Bertz CT molecular complexity index is 1070. The summed E-state index contributed by atoms with van der Waals surface area (Å²) in [5.41, 5.74) is 2.27. The summed E-state index contributed by atoms with van der Waals surface area (Å²) in [5.74, 6) is 0.234. The molecular formula is C28H34N4O3. The van der Waals surface area contributed by atoms with Gasteiger partial charge < -0.3 is 20.4 Å². The van der Waals surface area contributed by atoms with Gasteiger partial charge in [-0.25, -0.2) is 4.79 Å². The number of carbonyl (C=O) groups excluding carboxylic acids is 3. The number of rotatable bonds is 5. The average molecular weight is 475 g/mol. The predicted octanol–water partition coefficient (Wildman–Crippen LogP) is 4.40. The van der Waals surface area contributed by atoms with Crippen LogP contribution in [0.3, 0.4) is 0 Å². The SMILES string of the molecule is O=C(NCc1cccc(NC(=O)N2CCCC2)c1)C1CC2CCCCC2N1C(=O)c1ccccc1. The standard InChI is InChI=1S/C28H34N4O3/c33-26(29-19-20-9-8-13-23(17-20)30-28(35)31-15-6-7-16-31)25-18-22-12-4-5-14-24(22)32(25)27(34)21-10-2-1-3-11-21/h1-3,8-11,13,17,22,24-25H,4-7,12,14-16,18-19H2,(H,29,33)(H,30,35). The Morgan fingerprint density at radius 1 is 0.886 bits per heavy atom. The zero-order valence-corrected chi connectivity index (χ0v) is 20.1. The van der Waals surface area contributed by atoms with Gasteiger partial charge in [-0.3, -0.25) is 9.59 Å². The monoisotopic (exact) mass is 474 g/mol. The first-order chi connectivity index (χ1) is 17.1. The molecule has 2 aromatic carbocycles. The van der Waals surface area contributed by atoms with Gasteiger partial charge in [0.1, 0.15) is 6.04 Å². The molecule has 0 radical (unpaired) electrons. The van der Waals surface area contributed by atoms with Crippen molar-refractivity contribution in [3.63, 3.8) is 0 Å². The van der Waals surface area contributed by atoms with Crippen molar-refractivity contribution in [1.29, 1.82) is 0 Å². The van der Waals surface area contributed by atoms with Crippen molar-refractivity contribution in [2.75, 3.05) is 18.4 Å². The van der Waals surface area contributed by atoms with E-state index in [1.165, 1.54) is 6.42 Å². The van der Waals surface area contributed by atoms with Crippen LogP contribution in [0.5, 0.6) is 0 Å². The molecule has 2 heterocycles. The lowest BCUT2D eigenvalue weighted by Gasteiger charge is -2.33. The first-order valence-electron chi connectivity index (χ1n) is 12.9. The van der Waals surface area contributed by atoms with Gasteiger partial charge >= 0.3 is 6.03 Å². The average Bonchev–Trinajstić information content (AvgIpc) is 3.56. The molecule has 1 aliphatic carbocycles. The molecule has 4 amide bonds. The fourth-order valence-electron chi connectivity index (χ4n) is 5.90. The van der Waals surface area contributed by atoms with Crippen molar-refractivity contribution in [2.24, 2.45) is 5.92 Å². The third kappa shape index (κ3) is 5.19. The van der Waals surface area contributed by atoms with E-state index in [-0.39, 0.29) is 23.9 Å². The Hall–Kier alpha value is -3.35. The van der Waals surface area contributed by atoms with E-state index in [9.17, 15) is 14.4 Å². The summed E-state index contributed by atoms with van der Waals surface area (Å²) < 4.78 is 0.